The van der Waals surface area contributed by atoms with Crippen LogP contribution in [0.15, 0.2) is 40.5 Å². The van der Waals surface area contributed by atoms with E-state index in [0.29, 0.717) is 18.2 Å². The minimum absolute atomic E-state index is 0.245. The van der Waals surface area contributed by atoms with E-state index in [-0.39, 0.29) is 12.1 Å². The van der Waals surface area contributed by atoms with Gasteiger partial charge in [0.2, 0.25) is 5.91 Å². The van der Waals surface area contributed by atoms with Crippen LogP contribution in [0.25, 0.3) is 0 Å². The average molecular weight is 520 g/mol. The molecule has 0 bridgehead atoms. The maximum Gasteiger partial charge on any atom is 0.222 e. The van der Waals surface area contributed by atoms with Crippen LogP contribution in [-0.4, -0.2) is 61.0 Å². The van der Waals surface area contributed by atoms with E-state index in [1.165, 1.54) is 16.7 Å². The fourth-order valence-electron chi connectivity index (χ4n) is 5.76. The van der Waals surface area contributed by atoms with E-state index in [1.54, 1.807) is 0 Å². The van der Waals surface area contributed by atoms with E-state index < -0.39 is 0 Å². The van der Waals surface area contributed by atoms with E-state index in [4.69, 9.17) is 11.6 Å². The molecule has 1 aliphatic carbocycles. The Labute approximate surface area is 204 Å². The molecule has 1 amide bonds. The fourth-order valence-corrected chi connectivity index (χ4v) is 6.38. The number of piperazine rings is 1. The van der Waals surface area contributed by atoms with Gasteiger partial charge in [-0.05, 0) is 95.5 Å². The number of halogens is 2. The lowest BCUT2D eigenvalue weighted by molar-refractivity contribution is -0.134. The number of fused-ring (bicyclic) bond motifs is 2. The number of dihydropyridines is 1. The number of hydrogen-bond donors (Lipinski definition) is 2. The van der Waals surface area contributed by atoms with Crippen molar-refractivity contribution >= 4 is 33.4 Å². The first-order valence-electron chi connectivity index (χ1n) is 11.9. The van der Waals surface area contributed by atoms with Gasteiger partial charge in [-0.2, -0.15) is 0 Å². The lowest BCUT2D eigenvalue weighted by atomic mass is 9.90. The van der Waals surface area contributed by atoms with Crippen molar-refractivity contribution in [2.24, 2.45) is 5.92 Å². The Morgan fingerprint density at radius 1 is 1.12 bits per heavy atom. The minimum Gasteiger partial charge on any atom is -0.382 e. The number of aryl methyl sites for hydroxylation is 1. The van der Waals surface area contributed by atoms with Crippen molar-refractivity contribution in [1.29, 1.82) is 0 Å². The molecule has 0 spiro atoms. The molecule has 2 saturated heterocycles. The highest BCUT2D eigenvalue weighted by molar-refractivity contribution is 9.11. The van der Waals surface area contributed by atoms with Gasteiger partial charge in [-0.15, -0.1) is 0 Å². The summed E-state index contributed by atoms with van der Waals surface area (Å²) >= 11 is 10.0. The highest BCUT2D eigenvalue weighted by Gasteiger charge is 2.37. The molecule has 2 unspecified atom stereocenters. The third-order valence-corrected chi connectivity index (χ3v) is 8.22. The molecular weight excluding hydrogens is 488 g/mol. The molecule has 32 heavy (non-hydrogen) atoms. The molecule has 5 rings (SSSR count). The number of benzene rings is 1. The minimum atomic E-state index is 0.245. The number of allylic oxidation sites excluding steroid dienone is 2. The number of carbonyl (C=O) groups is 1. The van der Waals surface area contributed by atoms with Crippen LogP contribution in [0, 0.1) is 5.92 Å². The molecule has 0 saturated carbocycles. The van der Waals surface area contributed by atoms with Crippen LogP contribution in [0.3, 0.4) is 0 Å². The monoisotopic (exact) mass is 518 g/mol. The molecule has 0 aromatic heterocycles. The Morgan fingerprint density at radius 3 is 2.69 bits per heavy atom. The third kappa shape index (κ3) is 4.79. The molecule has 3 aliphatic heterocycles. The molecule has 5 nitrogen and oxygen atoms in total. The molecule has 172 valence electrons. The normalized spacial score (nSPS) is 26.9. The predicted octanol–water partition coefficient (Wildman–Crippen LogP) is 4.00. The van der Waals surface area contributed by atoms with Crippen molar-refractivity contribution in [2.45, 2.75) is 44.2 Å². The number of rotatable bonds is 3. The van der Waals surface area contributed by atoms with Crippen LogP contribution in [-0.2, 0) is 11.2 Å². The second kappa shape index (κ2) is 9.88. The van der Waals surface area contributed by atoms with Crippen molar-refractivity contribution in [2.75, 3.05) is 39.3 Å². The van der Waals surface area contributed by atoms with Crippen LogP contribution in [0.4, 0.5) is 0 Å². The number of nitrogens with zero attached hydrogens (tertiary/aromatic N) is 2. The predicted molar refractivity (Wildman–Crippen MR) is 133 cm³/mol. The van der Waals surface area contributed by atoms with Crippen molar-refractivity contribution in [3.8, 4) is 0 Å². The third-order valence-electron chi connectivity index (χ3n) is 7.53. The number of carbonyl (C=O) groups excluding carboxylic acids is 1. The lowest BCUT2D eigenvalue weighted by Crippen LogP contribution is -2.53. The van der Waals surface area contributed by atoms with Crippen LogP contribution in [0.1, 0.15) is 42.9 Å². The van der Waals surface area contributed by atoms with E-state index >= 15 is 0 Å². The maximum absolute atomic E-state index is 12.9. The molecule has 4 aliphatic rings. The molecule has 2 atom stereocenters. The molecule has 7 heteroatoms. The van der Waals surface area contributed by atoms with E-state index in [9.17, 15) is 4.79 Å². The molecule has 3 heterocycles. The van der Waals surface area contributed by atoms with Crippen molar-refractivity contribution in [1.82, 2.24) is 20.4 Å². The summed E-state index contributed by atoms with van der Waals surface area (Å²) in [5.41, 5.74) is 4.15. The standard InChI is InChI=1S/C25H32BrClN4O/c26-20-14-19-2-1-18-15-21(27)3-4-22(18)25(24(19)29-16-20)31-11-9-30(10-12-31)23(32)13-17-5-7-28-8-6-17/h3-4,14-17,24-25,28-29H,1-2,5-13H2. The first-order valence-corrected chi connectivity index (χ1v) is 13.1. The Morgan fingerprint density at radius 2 is 1.91 bits per heavy atom. The van der Waals surface area contributed by atoms with Crippen LogP contribution < -0.4 is 10.6 Å². The Kier molecular flexibility index (Phi) is 6.93. The zero-order valence-electron chi connectivity index (χ0n) is 18.5. The van der Waals surface area contributed by atoms with E-state index in [1.807, 2.05) is 6.07 Å². The van der Waals surface area contributed by atoms with Gasteiger partial charge in [0.15, 0.2) is 0 Å². The Bertz CT molecular complexity index is 919. The highest BCUT2D eigenvalue weighted by atomic mass is 79.9. The van der Waals surface area contributed by atoms with Crippen LogP contribution >= 0.6 is 27.5 Å². The second-order valence-corrected chi connectivity index (χ2v) is 10.8. The Hall–Kier alpha value is -1.34. The van der Waals surface area contributed by atoms with E-state index in [2.05, 4.69) is 60.8 Å². The lowest BCUT2D eigenvalue weighted by Gasteiger charge is -2.43. The highest BCUT2D eigenvalue weighted by Crippen LogP contribution is 2.39. The molecule has 2 fully saturated rings. The van der Waals surface area contributed by atoms with E-state index in [0.717, 1.165) is 74.5 Å². The van der Waals surface area contributed by atoms with Gasteiger partial charge < -0.3 is 15.5 Å². The van der Waals surface area contributed by atoms with Gasteiger partial charge in [0, 0.05) is 48.3 Å². The summed E-state index contributed by atoms with van der Waals surface area (Å²) < 4.78 is 1.10. The zero-order chi connectivity index (χ0) is 22.1. The second-order valence-electron chi connectivity index (χ2n) is 9.50. The van der Waals surface area contributed by atoms with Gasteiger partial charge >= 0.3 is 0 Å². The first-order chi connectivity index (χ1) is 15.6. The summed E-state index contributed by atoms with van der Waals surface area (Å²) in [6, 6.07) is 6.87. The van der Waals surface area contributed by atoms with Gasteiger partial charge in [-0.1, -0.05) is 17.7 Å². The van der Waals surface area contributed by atoms with Gasteiger partial charge in [0.05, 0.1) is 12.1 Å². The summed E-state index contributed by atoms with van der Waals surface area (Å²) in [5, 5.41) is 7.87. The molecular formula is C25H32BrClN4O. The summed E-state index contributed by atoms with van der Waals surface area (Å²) in [7, 11) is 0. The maximum atomic E-state index is 12.9. The van der Waals surface area contributed by atoms with Crippen molar-refractivity contribution < 1.29 is 4.79 Å². The smallest absolute Gasteiger partial charge is 0.222 e. The quantitative estimate of drug-likeness (QED) is 0.634. The molecule has 0 radical (unpaired) electrons. The van der Waals surface area contributed by atoms with Gasteiger partial charge in [-0.25, -0.2) is 0 Å². The van der Waals surface area contributed by atoms with Crippen LogP contribution in [0.5, 0.6) is 0 Å². The SMILES string of the molecule is O=C(CC1CCNCC1)N1CCN(C2c3ccc(Cl)cc3CCC3=CC(Br)=CNC32)CC1. The zero-order valence-corrected chi connectivity index (χ0v) is 20.8. The summed E-state index contributed by atoms with van der Waals surface area (Å²) in [5.74, 6) is 0.887. The fraction of sp³-hybridized carbons (Fsp3) is 0.560. The average Bonchev–Trinajstić information content (AvgIpc) is 2.96. The number of amides is 1. The largest absolute Gasteiger partial charge is 0.382 e. The van der Waals surface area contributed by atoms with Crippen molar-refractivity contribution in [3.63, 3.8) is 0 Å². The summed E-state index contributed by atoms with van der Waals surface area (Å²) in [4.78, 5) is 17.6. The Balaban J connectivity index is 1.32. The van der Waals surface area contributed by atoms with Gasteiger partial charge in [-0.3, -0.25) is 9.69 Å². The molecule has 1 aromatic rings. The van der Waals surface area contributed by atoms with Crippen LogP contribution in [0.2, 0.25) is 5.02 Å². The van der Waals surface area contributed by atoms with Gasteiger partial charge in [0.1, 0.15) is 0 Å². The topological polar surface area (TPSA) is 47.6 Å². The summed E-state index contributed by atoms with van der Waals surface area (Å²) in [6.07, 6.45) is 9.34. The summed E-state index contributed by atoms with van der Waals surface area (Å²) in [6.45, 7) is 5.53. The van der Waals surface area contributed by atoms with Crippen molar-refractivity contribution in [3.05, 3.63) is 56.7 Å². The molecule has 1 aromatic carbocycles. The number of hydrogen-bond acceptors (Lipinski definition) is 4. The number of nitrogens with one attached hydrogen (secondary N) is 2. The number of piperidine rings is 1. The molecule has 2 N–H and O–H groups in total. The first kappa shape index (κ1) is 22.5. The van der Waals surface area contributed by atoms with Gasteiger partial charge in [0.25, 0.3) is 0 Å².